The van der Waals surface area contributed by atoms with Crippen LogP contribution in [0.4, 0.5) is 11.4 Å². The summed E-state index contributed by atoms with van der Waals surface area (Å²) in [5.41, 5.74) is 1.29. The molecule has 0 heterocycles. The SMILES string of the molecule is COc1ccccc1NC(=O)C(=Cc1ccc(O)cc1)C(=O)Nc1ccccc1OC. The molecule has 0 saturated heterocycles. The van der Waals surface area contributed by atoms with E-state index in [1.165, 1.54) is 32.4 Å². The quantitative estimate of drug-likeness (QED) is 0.305. The second-order valence-corrected chi connectivity index (χ2v) is 6.46. The van der Waals surface area contributed by atoms with Crippen LogP contribution >= 0.6 is 0 Å². The monoisotopic (exact) mass is 418 g/mol. The molecular formula is C24H22N2O5. The fourth-order valence-corrected chi connectivity index (χ4v) is 2.85. The fraction of sp³-hybridized carbons (Fsp3) is 0.0833. The lowest BCUT2D eigenvalue weighted by Crippen LogP contribution is -2.25. The maximum Gasteiger partial charge on any atom is 0.261 e. The maximum atomic E-state index is 13.1. The molecule has 0 unspecified atom stereocenters. The Morgan fingerprint density at radius 2 is 1.19 bits per heavy atom. The normalized spacial score (nSPS) is 10.0. The summed E-state index contributed by atoms with van der Waals surface area (Å²) in [5.74, 6) is -0.236. The molecule has 3 aromatic carbocycles. The Kier molecular flexibility index (Phi) is 6.90. The van der Waals surface area contributed by atoms with Crippen molar-refractivity contribution in [1.82, 2.24) is 0 Å². The molecule has 0 fully saturated rings. The summed E-state index contributed by atoms with van der Waals surface area (Å²) in [4.78, 5) is 26.1. The number of nitrogens with one attached hydrogen (secondary N) is 2. The number of hydrogen-bond donors (Lipinski definition) is 3. The van der Waals surface area contributed by atoms with E-state index in [4.69, 9.17) is 9.47 Å². The highest BCUT2D eigenvalue weighted by Crippen LogP contribution is 2.26. The zero-order chi connectivity index (χ0) is 22.2. The first-order chi connectivity index (χ1) is 15.0. The molecule has 0 spiro atoms. The van der Waals surface area contributed by atoms with Crippen molar-refractivity contribution in [2.24, 2.45) is 0 Å². The number of aromatic hydroxyl groups is 1. The number of para-hydroxylation sites is 4. The molecule has 0 saturated carbocycles. The van der Waals surface area contributed by atoms with Gasteiger partial charge < -0.3 is 25.2 Å². The summed E-state index contributed by atoms with van der Waals surface area (Å²) >= 11 is 0. The van der Waals surface area contributed by atoms with Crippen LogP contribution in [-0.4, -0.2) is 31.1 Å². The molecule has 2 amide bonds. The van der Waals surface area contributed by atoms with Gasteiger partial charge in [0.25, 0.3) is 11.8 Å². The number of benzene rings is 3. The van der Waals surface area contributed by atoms with E-state index >= 15 is 0 Å². The van der Waals surface area contributed by atoms with Gasteiger partial charge in [-0.2, -0.15) is 0 Å². The minimum absolute atomic E-state index is 0.0793. The minimum Gasteiger partial charge on any atom is -0.508 e. The van der Waals surface area contributed by atoms with E-state index in [1.807, 2.05) is 0 Å². The molecule has 0 aromatic heterocycles. The van der Waals surface area contributed by atoms with E-state index in [0.717, 1.165) is 0 Å². The Labute approximate surface area is 179 Å². The van der Waals surface area contributed by atoms with Crippen LogP contribution in [0.15, 0.2) is 78.4 Å². The highest BCUT2D eigenvalue weighted by Gasteiger charge is 2.21. The van der Waals surface area contributed by atoms with Gasteiger partial charge in [0.2, 0.25) is 0 Å². The fourth-order valence-electron chi connectivity index (χ4n) is 2.85. The van der Waals surface area contributed by atoms with Crippen LogP contribution in [0.5, 0.6) is 17.2 Å². The van der Waals surface area contributed by atoms with Gasteiger partial charge >= 0.3 is 0 Å². The van der Waals surface area contributed by atoms with Gasteiger partial charge in [0.05, 0.1) is 25.6 Å². The van der Waals surface area contributed by atoms with Crippen LogP contribution in [0.25, 0.3) is 6.08 Å². The minimum atomic E-state index is -0.620. The Morgan fingerprint density at radius 3 is 1.65 bits per heavy atom. The lowest BCUT2D eigenvalue weighted by atomic mass is 10.1. The van der Waals surface area contributed by atoms with Crippen molar-refractivity contribution in [3.05, 3.63) is 83.9 Å². The van der Waals surface area contributed by atoms with Gasteiger partial charge in [-0.25, -0.2) is 0 Å². The first-order valence-corrected chi connectivity index (χ1v) is 9.41. The summed E-state index contributed by atoms with van der Waals surface area (Å²) in [5, 5.41) is 14.9. The number of phenols is 1. The molecule has 7 heteroatoms. The van der Waals surface area contributed by atoms with E-state index in [2.05, 4.69) is 10.6 Å². The highest BCUT2D eigenvalue weighted by atomic mass is 16.5. The number of ether oxygens (including phenoxy) is 2. The van der Waals surface area contributed by atoms with Gasteiger partial charge in [-0.3, -0.25) is 9.59 Å². The Hall–Kier alpha value is -4.26. The first-order valence-electron chi connectivity index (χ1n) is 9.41. The summed E-state index contributed by atoms with van der Waals surface area (Å²) in [7, 11) is 2.99. The van der Waals surface area contributed by atoms with E-state index < -0.39 is 11.8 Å². The van der Waals surface area contributed by atoms with Crippen LogP contribution in [0.1, 0.15) is 5.56 Å². The smallest absolute Gasteiger partial charge is 0.261 e. The number of hydrogen-bond acceptors (Lipinski definition) is 5. The second-order valence-electron chi connectivity index (χ2n) is 6.46. The summed E-state index contributed by atoms with van der Waals surface area (Å²) in [6, 6.07) is 19.9. The lowest BCUT2D eigenvalue weighted by molar-refractivity contribution is -0.118. The molecule has 0 aliphatic rings. The Morgan fingerprint density at radius 1 is 0.742 bits per heavy atom. The number of carbonyl (C=O) groups excluding carboxylic acids is 2. The lowest BCUT2D eigenvalue weighted by Gasteiger charge is -2.14. The van der Waals surface area contributed by atoms with Crippen molar-refractivity contribution in [2.75, 3.05) is 24.9 Å². The number of carbonyl (C=O) groups is 2. The molecule has 0 atom stereocenters. The average molecular weight is 418 g/mol. The predicted octanol–water partition coefficient (Wildman–Crippen LogP) is 4.07. The number of anilines is 2. The van der Waals surface area contributed by atoms with E-state index in [9.17, 15) is 14.7 Å². The zero-order valence-corrected chi connectivity index (χ0v) is 17.1. The highest BCUT2D eigenvalue weighted by molar-refractivity contribution is 6.29. The molecule has 158 valence electrons. The van der Waals surface area contributed by atoms with Crippen LogP contribution in [0.2, 0.25) is 0 Å². The molecule has 3 rings (SSSR count). The van der Waals surface area contributed by atoms with Crippen LogP contribution in [-0.2, 0) is 9.59 Å². The van der Waals surface area contributed by atoms with Crippen molar-refractivity contribution in [3.8, 4) is 17.2 Å². The second kappa shape index (κ2) is 9.98. The van der Waals surface area contributed by atoms with E-state index in [1.54, 1.807) is 60.7 Å². The third-order valence-corrected chi connectivity index (χ3v) is 4.40. The predicted molar refractivity (Wildman–Crippen MR) is 119 cm³/mol. The maximum absolute atomic E-state index is 13.1. The zero-order valence-electron chi connectivity index (χ0n) is 17.1. The van der Waals surface area contributed by atoms with Crippen molar-refractivity contribution < 1.29 is 24.2 Å². The third-order valence-electron chi connectivity index (χ3n) is 4.40. The number of methoxy groups -OCH3 is 2. The largest absolute Gasteiger partial charge is 0.508 e. The van der Waals surface area contributed by atoms with Gasteiger partial charge in [0, 0.05) is 0 Å². The average Bonchev–Trinajstić information content (AvgIpc) is 2.79. The van der Waals surface area contributed by atoms with Crippen molar-refractivity contribution in [1.29, 1.82) is 0 Å². The van der Waals surface area contributed by atoms with Crippen molar-refractivity contribution >= 4 is 29.3 Å². The third kappa shape index (κ3) is 5.42. The van der Waals surface area contributed by atoms with Gasteiger partial charge in [-0.1, -0.05) is 36.4 Å². The van der Waals surface area contributed by atoms with Gasteiger partial charge in [0.1, 0.15) is 22.8 Å². The molecule has 3 aromatic rings. The van der Waals surface area contributed by atoms with Gasteiger partial charge in [-0.15, -0.1) is 0 Å². The summed E-state index contributed by atoms with van der Waals surface area (Å²) < 4.78 is 10.5. The standard InChI is InChI=1S/C24H22N2O5/c1-30-21-9-5-3-7-19(21)25-23(28)18(15-16-11-13-17(27)14-12-16)24(29)26-20-8-4-6-10-22(20)31-2/h3-15,27H,1-2H3,(H,25,28)(H,26,29). The Balaban J connectivity index is 1.95. The van der Waals surface area contributed by atoms with Gasteiger partial charge in [0.15, 0.2) is 0 Å². The number of amides is 2. The first kappa shape index (κ1) is 21.4. The van der Waals surface area contributed by atoms with Crippen LogP contribution < -0.4 is 20.1 Å². The number of phenolic OH excluding ortho intramolecular Hbond substituents is 1. The molecular weight excluding hydrogens is 396 g/mol. The van der Waals surface area contributed by atoms with Gasteiger partial charge in [-0.05, 0) is 48.0 Å². The molecule has 31 heavy (non-hydrogen) atoms. The topological polar surface area (TPSA) is 96.9 Å². The Bertz CT molecular complexity index is 1040. The van der Waals surface area contributed by atoms with Crippen molar-refractivity contribution in [3.63, 3.8) is 0 Å². The number of rotatable bonds is 7. The van der Waals surface area contributed by atoms with Crippen LogP contribution in [0.3, 0.4) is 0 Å². The molecule has 0 bridgehead atoms. The summed E-state index contributed by atoms with van der Waals surface area (Å²) in [6.07, 6.45) is 1.44. The van der Waals surface area contributed by atoms with E-state index in [-0.39, 0.29) is 11.3 Å². The van der Waals surface area contributed by atoms with E-state index in [0.29, 0.717) is 28.4 Å². The molecule has 3 N–H and O–H groups in total. The molecule has 7 nitrogen and oxygen atoms in total. The molecule has 0 radical (unpaired) electrons. The van der Waals surface area contributed by atoms with Crippen LogP contribution in [0, 0.1) is 0 Å². The van der Waals surface area contributed by atoms with Crippen molar-refractivity contribution in [2.45, 2.75) is 0 Å². The molecule has 0 aliphatic heterocycles. The summed E-state index contributed by atoms with van der Waals surface area (Å²) in [6.45, 7) is 0. The molecule has 0 aliphatic carbocycles.